The Morgan fingerprint density at radius 2 is 1.96 bits per heavy atom. The predicted octanol–water partition coefficient (Wildman–Crippen LogP) is 4.16. The summed E-state index contributed by atoms with van der Waals surface area (Å²) < 4.78 is 5.91. The van der Waals surface area contributed by atoms with Gasteiger partial charge in [0.05, 0.1) is 6.10 Å². The molecule has 0 aliphatic carbocycles. The number of aliphatic hydroxyl groups excluding tert-OH is 1. The molecule has 1 aliphatic heterocycles. The molecule has 2 aromatic rings. The van der Waals surface area contributed by atoms with Gasteiger partial charge < -0.3 is 14.7 Å². The Bertz CT molecular complexity index is 674. The summed E-state index contributed by atoms with van der Waals surface area (Å²) in [7, 11) is 0. The van der Waals surface area contributed by atoms with E-state index in [0.29, 0.717) is 12.5 Å². The number of nitrogens with zero attached hydrogens (tertiary/aromatic N) is 1. The average Bonchev–Trinajstić information content (AvgIpc) is 2.63. The molecule has 4 heteroatoms. The zero-order chi connectivity index (χ0) is 17.6. The first-order valence-corrected chi connectivity index (χ1v) is 9.38. The minimum atomic E-state index is -0.207. The maximum atomic E-state index is 10.3. The molecule has 2 aromatic carbocycles. The lowest BCUT2D eigenvalue weighted by Crippen LogP contribution is -2.43. The molecule has 3 nitrogen and oxygen atoms in total. The summed E-state index contributed by atoms with van der Waals surface area (Å²) in [6.45, 7) is 5.72. The smallest absolute Gasteiger partial charge is 0.120 e. The van der Waals surface area contributed by atoms with Crippen LogP contribution < -0.4 is 4.74 Å². The van der Waals surface area contributed by atoms with E-state index in [1.165, 1.54) is 5.56 Å². The molecule has 3 rings (SSSR count). The van der Waals surface area contributed by atoms with Gasteiger partial charge in [0.25, 0.3) is 0 Å². The Balaban J connectivity index is 1.60. The number of likely N-dealkylation sites (tertiary alicyclic amines) is 1. The van der Waals surface area contributed by atoms with Crippen LogP contribution >= 0.6 is 11.6 Å². The van der Waals surface area contributed by atoms with Gasteiger partial charge in [-0.15, -0.1) is 0 Å². The van der Waals surface area contributed by atoms with E-state index in [1.807, 2.05) is 36.4 Å². The summed E-state index contributed by atoms with van der Waals surface area (Å²) in [6, 6.07) is 15.9. The van der Waals surface area contributed by atoms with Crippen LogP contribution in [0, 0.1) is 5.92 Å². The lowest BCUT2D eigenvalue weighted by atomic mass is 9.88. The predicted molar refractivity (Wildman–Crippen MR) is 102 cm³/mol. The van der Waals surface area contributed by atoms with Gasteiger partial charge in [0.15, 0.2) is 0 Å². The van der Waals surface area contributed by atoms with Gasteiger partial charge in [-0.2, -0.15) is 0 Å². The number of ether oxygens (including phenoxy) is 1. The fraction of sp³-hybridized carbons (Fsp3) is 0.429. The minimum absolute atomic E-state index is 0.207. The van der Waals surface area contributed by atoms with E-state index >= 15 is 0 Å². The van der Waals surface area contributed by atoms with Gasteiger partial charge in [-0.25, -0.2) is 0 Å². The van der Waals surface area contributed by atoms with E-state index in [9.17, 15) is 5.11 Å². The van der Waals surface area contributed by atoms with Crippen LogP contribution in [0.3, 0.4) is 0 Å². The molecule has 0 amide bonds. The van der Waals surface area contributed by atoms with Crippen molar-refractivity contribution in [2.75, 3.05) is 19.6 Å². The van der Waals surface area contributed by atoms with Crippen LogP contribution in [0.5, 0.6) is 5.75 Å². The van der Waals surface area contributed by atoms with Crippen molar-refractivity contribution in [3.8, 4) is 5.75 Å². The standard InChI is InChI=1S/C21H26ClNO2/c1-2-23-11-10-21(24)18(14-23)12-17-4-3-5-20(13-17)25-15-16-6-8-19(22)9-7-16/h3-9,13,18,21,24H,2,10-12,14-15H2,1H3. The van der Waals surface area contributed by atoms with Crippen molar-refractivity contribution >= 4 is 11.6 Å². The lowest BCUT2D eigenvalue weighted by molar-refractivity contribution is 0.0290. The van der Waals surface area contributed by atoms with Gasteiger partial charge in [-0.1, -0.05) is 42.8 Å². The summed E-state index contributed by atoms with van der Waals surface area (Å²) in [5, 5.41) is 11.1. The molecule has 0 saturated carbocycles. The van der Waals surface area contributed by atoms with Gasteiger partial charge in [0.1, 0.15) is 12.4 Å². The second kappa shape index (κ2) is 8.70. The molecule has 1 heterocycles. The number of piperidine rings is 1. The molecule has 0 spiro atoms. The van der Waals surface area contributed by atoms with Gasteiger partial charge in [0.2, 0.25) is 0 Å². The monoisotopic (exact) mass is 359 g/mol. The molecule has 0 aromatic heterocycles. The quantitative estimate of drug-likeness (QED) is 0.840. The third kappa shape index (κ3) is 5.21. The van der Waals surface area contributed by atoms with Crippen molar-refractivity contribution in [2.45, 2.75) is 32.5 Å². The van der Waals surface area contributed by atoms with Crippen LogP contribution in [0.1, 0.15) is 24.5 Å². The van der Waals surface area contributed by atoms with Crippen LogP contribution in [0.2, 0.25) is 5.02 Å². The number of hydrogen-bond acceptors (Lipinski definition) is 3. The molecule has 25 heavy (non-hydrogen) atoms. The van der Waals surface area contributed by atoms with E-state index in [-0.39, 0.29) is 6.10 Å². The van der Waals surface area contributed by atoms with Crippen molar-refractivity contribution in [2.24, 2.45) is 5.92 Å². The summed E-state index contributed by atoms with van der Waals surface area (Å²) in [4.78, 5) is 2.41. The Morgan fingerprint density at radius 3 is 2.72 bits per heavy atom. The molecule has 1 saturated heterocycles. The van der Waals surface area contributed by atoms with Crippen LogP contribution in [0.15, 0.2) is 48.5 Å². The number of benzene rings is 2. The largest absolute Gasteiger partial charge is 0.489 e. The first-order valence-electron chi connectivity index (χ1n) is 9.00. The van der Waals surface area contributed by atoms with Crippen molar-refractivity contribution in [3.05, 3.63) is 64.7 Å². The highest BCUT2D eigenvalue weighted by molar-refractivity contribution is 6.30. The van der Waals surface area contributed by atoms with Crippen molar-refractivity contribution in [1.29, 1.82) is 0 Å². The molecule has 134 valence electrons. The highest BCUT2D eigenvalue weighted by atomic mass is 35.5. The van der Waals surface area contributed by atoms with Gasteiger partial charge in [-0.05, 0) is 54.8 Å². The molecule has 1 aliphatic rings. The van der Waals surface area contributed by atoms with Gasteiger partial charge in [0, 0.05) is 24.0 Å². The Morgan fingerprint density at radius 1 is 1.16 bits per heavy atom. The van der Waals surface area contributed by atoms with E-state index in [1.54, 1.807) is 0 Å². The second-order valence-electron chi connectivity index (χ2n) is 6.78. The second-order valence-corrected chi connectivity index (χ2v) is 7.21. The topological polar surface area (TPSA) is 32.7 Å². The van der Waals surface area contributed by atoms with Crippen molar-refractivity contribution < 1.29 is 9.84 Å². The SMILES string of the molecule is CCN1CCC(O)C(Cc2cccc(OCc3ccc(Cl)cc3)c2)C1. The molecule has 2 unspecified atom stereocenters. The third-order valence-electron chi connectivity index (χ3n) is 4.94. The Labute approximate surface area is 155 Å². The number of halogens is 1. The first kappa shape index (κ1) is 18.2. The fourth-order valence-electron chi connectivity index (χ4n) is 3.40. The molecule has 1 fully saturated rings. The van der Waals surface area contributed by atoms with Gasteiger partial charge in [-0.3, -0.25) is 0 Å². The first-order chi connectivity index (χ1) is 12.1. The molecule has 2 atom stereocenters. The van der Waals surface area contributed by atoms with E-state index in [2.05, 4.69) is 24.0 Å². The fourth-order valence-corrected chi connectivity index (χ4v) is 3.52. The number of rotatable bonds is 6. The number of aliphatic hydroxyl groups is 1. The maximum absolute atomic E-state index is 10.3. The summed E-state index contributed by atoms with van der Waals surface area (Å²) in [5.74, 6) is 1.16. The molecular formula is C21H26ClNO2. The summed E-state index contributed by atoms with van der Waals surface area (Å²) in [6.07, 6.45) is 1.54. The minimum Gasteiger partial charge on any atom is -0.489 e. The van der Waals surface area contributed by atoms with Crippen LogP contribution in [0.25, 0.3) is 0 Å². The maximum Gasteiger partial charge on any atom is 0.120 e. The highest BCUT2D eigenvalue weighted by Gasteiger charge is 2.27. The average molecular weight is 360 g/mol. The Hall–Kier alpha value is -1.55. The van der Waals surface area contributed by atoms with Crippen molar-refractivity contribution in [1.82, 2.24) is 4.90 Å². The van der Waals surface area contributed by atoms with Crippen molar-refractivity contribution in [3.63, 3.8) is 0 Å². The lowest BCUT2D eigenvalue weighted by Gasteiger charge is -2.35. The summed E-state index contributed by atoms with van der Waals surface area (Å²) in [5.41, 5.74) is 2.31. The van der Waals surface area contributed by atoms with E-state index in [0.717, 1.165) is 48.8 Å². The van der Waals surface area contributed by atoms with Crippen LogP contribution in [-0.2, 0) is 13.0 Å². The van der Waals surface area contributed by atoms with E-state index < -0.39 is 0 Å². The molecule has 0 bridgehead atoms. The highest BCUT2D eigenvalue weighted by Crippen LogP contribution is 2.24. The normalized spacial score (nSPS) is 21.2. The molecular weight excluding hydrogens is 334 g/mol. The van der Waals surface area contributed by atoms with Crippen LogP contribution in [-0.4, -0.2) is 35.7 Å². The zero-order valence-corrected chi connectivity index (χ0v) is 15.5. The van der Waals surface area contributed by atoms with Crippen LogP contribution in [0.4, 0.5) is 0 Å². The summed E-state index contributed by atoms with van der Waals surface area (Å²) >= 11 is 5.91. The van der Waals surface area contributed by atoms with E-state index in [4.69, 9.17) is 16.3 Å². The Kier molecular flexibility index (Phi) is 6.35. The third-order valence-corrected chi connectivity index (χ3v) is 5.19. The number of hydrogen-bond donors (Lipinski definition) is 1. The molecule has 1 N–H and O–H groups in total. The zero-order valence-electron chi connectivity index (χ0n) is 14.7. The molecule has 0 radical (unpaired) electrons. The van der Waals surface area contributed by atoms with Gasteiger partial charge >= 0.3 is 0 Å².